The summed E-state index contributed by atoms with van der Waals surface area (Å²) in [6.45, 7) is 5.86. The molecular formula is C27H43N5O6S. The van der Waals surface area contributed by atoms with Crippen molar-refractivity contribution in [2.24, 2.45) is 23.7 Å². The number of carboxylic acids is 1. The predicted molar refractivity (Wildman–Crippen MR) is 145 cm³/mol. The first kappa shape index (κ1) is 28.4. The van der Waals surface area contributed by atoms with Gasteiger partial charge in [-0.25, -0.2) is 13.1 Å². The normalized spacial score (nSPS) is 29.3. The van der Waals surface area contributed by atoms with Crippen LogP contribution in [0.1, 0.15) is 69.2 Å². The van der Waals surface area contributed by atoms with Gasteiger partial charge in [-0.2, -0.15) is 9.40 Å². The van der Waals surface area contributed by atoms with Gasteiger partial charge < -0.3 is 20.1 Å². The average Bonchev–Trinajstić information content (AvgIpc) is 3.24. The van der Waals surface area contributed by atoms with Crippen LogP contribution >= 0.6 is 0 Å². The van der Waals surface area contributed by atoms with Gasteiger partial charge in [-0.1, -0.05) is 0 Å². The Morgan fingerprint density at radius 1 is 1.10 bits per heavy atom. The van der Waals surface area contributed by atoms with Gasteiger partial charge >= 0.3 is 5.97 Å². The second-order valence-corrected chi connectivity index (χ2v) is 14.4. The monoisotopic (exact) mass is 565 g/mol. The molecule has 0 radical (unpaired) electrons. The second-order valence-electron chi connectivity index (χ2n) is 12.5. The van der Waals surface area contributed by atoms with Crippen LogP contribution in [0.4, 0.5) is 0 Å². The number of likely N-dealkylation sites (tertiary alicyclic amines) is 1. The lowest BCUT2D eigenvalue weighted by molar-refractivity contribution is -0.137. The third-order valence-electron chi connectivity index (χ3n) is 9.22. The zero-order valence-corrected chi connectivity index (χ0v) is 24.1. The summed E-state index contributed by atoms with van der Waals surface area (Å²) >= 11 is 0. The number of nitrogens with one attached hydrogen (secondary N) is 1. The fourth-order valence-corrected chi connectivity index (χ4v) is 8.84. The van der Waals surface area contributed by atoms with E-state index in [1.165, 1.54) is 32.1 Å². The van der Waals surface area contributed by atoms with E-state index < -0.39 is 22.5 Å². The summed E-state index contributed by atoms with van der Waals surface area (Å²) in [6, 6.07) is -0.0770. The largest absolute Gasteiger partial charge is 0.480 e. The fraction of sp³-hybridized carbons (Fsp3) is 0.815. The highest BCUT2D eigenvalue weighted by Gasteiger charge is 2.48. The van der Waals surface area contributed by atoms with Crippen LogP contribution in [0.2, 0.25) is 0 Å². The molecule has 0 spiro atoms. The first-order valence-corrected chi connectivity index (χ1v) is 16.3. The number of aliphatic carboxylic acids is 1. The van der Waals surface area contributed by atoms with E-state index >= 15 is 0 Å². The Balaban J connectivity index is 1.19. The van der Waals surface area contributed by atoms with Crippen molar-refractivity contribution in [1.29, 1.82) is 0 Å². The highest BCUT2D eigenvalue weighted by molar-refractivity contribution is 7.88. The highest BCUT2D eigenvalue weighted by Crippen LogP contribution is 2.53. The van der Waals surface area contributed by atoms with Crippen LogP contribution in [0.3, 0.4) is 0 Å². The van der Waals surface area contributed by atoms with Gasteiger partial charge in [0, 0.05) is 18.6 Å². The molecule has 1 aromatic rings. The zero-order valence-electron chi connectivity index (χ0n) is 23.3. The van der Waals surface area contributed by atoms with Gasteiger partial charge in [0.15, 0.2) is 0 Å². The first-order valence-electron chi connectivity index (χ1n) is 14.4. The Morgan fingerprint density at radius 3 is 2.26 bits per heavy atom. The van der Waals surface area contributed by atoms with Crippen LogP contribution in [-0.4, -0.2) is 95.0 Å². The van der Waals surface area contributed by atoms with Gasteiger partial charge in [0.1, 0.15) is 12.1 Å². The van der Waals surface area contributed by atoms with E-state index in [2.05, 4.69) is 15.3 Å². The van der Waals surface area contributed by atoms with Crippen LogP contribution in [-0.2, 0) is 21.4 Å². The molecule has 12 heteroatoms. The zero-order chi connectivity index (χ0) is 27.9. The molecule has 4 saturated carbocycles. The Hall–Kier alpha value is -2.18. The molecule has 5 aliphatic rings. The standard InChI is InChI=1S/C27H43N5O6S/c1-17(2)38-27-23(26(35)29-25-20-11-18-10-19(13-20)14-21(25)12-18)15-28-31(27)9-8-30-6-4-22(5-7-30)32(16-24(33)34)39(3,36)37/h15,17-22,25H,4-14,16H2,1-3H3,(H,29,35)(H,33,34). The van der Waals surface area contributed by atoms with Gasteiger partial charge in [-0.05, 0) is 95.6 Å². The fourth-order valence-electron chi connectivity index (χ4n) is 7.74. The van der Waals surface area contributed by atoms with Crippen molar-refractivity contribution in [2.45, 2.75) is 83.5 Å². The number of nitrogens with zero attached hydrogens (tertiary/aromatic N) is 4. The number of rotatable bonds is 11. The summed E-state index contributed by atoms with van der Waals surface area (Å²) < 4.78 is 33.2. The van der Waals surface area contributed by atoms with Crippen LogP contribution in [0, 0.1) is 23.7 Å². The van der Waals surface area contributed by atoms with Gasteiger partial charge in [0.05, 0.1) is 25.1 Å². The summed E-state index contributed by atoms with van der Waals surface area (Å²) in [5, 5.41) is 17.0. The minimum Gasteiger partial charge on any atom is -0.480 e. The number of carboxylic acid groups (broad SMARTS) is 1. The van der Waals surface area contributed by atoms with E-state index in [-0.39, 0.29) is 24.1 Å². The quantitative estimate of drug-likeness (QED) is 0.416. The molecule has 2 heterocycles. The topological polar surface area (TPSA) is 134 Å². The summed E-state index contributed by atoms with van der Waals surface area (Å²) in [4.78, 5) is 26.9. The molecular weight excluding hydrogens is 522 g/mol. The Kier molecular flexibility index (Phi) is 8.26. The van der Waals surface area contributed by atoms with E-state index in [1.54, 1.807) is 10.9 Å². The number of sulfonamides is 1. The number of hydrogen-bond donors (Lipinski definition) is 2. The summed E-state index contributed by atoms with van der Waals surface area (Å²) in [7, 11) is -3.61. The maximum atomic E-state index is 13.5. The van der Waals surface area contributed by atoms with Gasteiger partial charge in [0.25, 0.3) is 5.91 Å². The van der Waals surface area contributed by atoms with Crippen molar-refractivity contribution in [3.8, 4) is 5.88 Å². The number of hydrogen-bond acceptors (Lipinski definition) is 7. The molecule has 0 aromatic carbocycles. The van der Waals surface area contributed by atoms with Crippen LogP contribution < -0.4 is 10.1 Å². The van der Waals surface area contributed by atoms with Crippen molar-refractivity contribution in [3.05, 3.63) is 11.8 Å². The van der Waals surface area contributed by atoms with Crippen LogP contribution in [0.15, 0.2) is 6.20 Å². The van der Waals surface area contributed by atoms with E-state index in [0.29, 0.717) is 62.3 Å². The molecule has 6 rings (SSSR count). The number of amides is 1. The Morgan fingerprint density at radius 2 is 1.72 bits per heavy atom. The molecule has 4 bridgehead atoms. The third-order valence-corrected chi connectivity index (χ3v) is 10.5. The van der Waals surface area contributed by atoms with Crippen LogP contribution in [0.25, 0.3) is 0 Å². The smallest absolute Gasteiger partial charge is 0.318 e. The summed E-state index contributed by atoms with van der Waals surface area (Å²) in [5.74, 6) is 2.11. The molecule has 11 nitrogen and oxygen atoms in total. The number of aromatic nitrogens is 2. The maximum Gasteiger partial charge on any atom is 0.318 e. The van der Waals surface area contributed by atoms with Crippen molar-refractivity contribution < 1.29 is 27.9 Å². The molecule has 0 atom stereocenters. The van der Waals surface area contributed by atoms with Crippen molar-refractivity contribution >= 4 is 21.9 Å². The molecule has 2 N–H and O–H groups in total. The number of piperidine rings is 1. The molecule has 39 heavy (non-hydrogen) atoms. The summed E-state index contributed by atoms with van der Waals surface area (Å²) in [5.41, 5.74) is 0.480. The van der Waals surface area contributed by atoms with Crippen molar-refractivity contribution in [3.63, 3.8) is 0 Å². The van der Waals surface area contributed by atoms with E-state index in [0.717, 1.165) is 22.4 Å². The van der Waals surface area contributed by atoms with E-state index in [9.17, 15) is 18.0 Å². The van der Waals surface area contributed by atoms with Gasteiger partial charge in [-0.3, -0.25) is 9.59 Å². The summed E-state index contributed by atoms with van der Waals surface area (Å²) in [6.07, 6.45) is 10.0. The third kappa shape index (κ3) is 6.43. The minimum atomic E-state index is -3.61. The lowest BCUT2D eigenvalue weighted by atomic mass is 9.54. The second kappa shape index (κ2) is 11.4. The van der Waals surface area contributed by atoms with Crippen molar-refractivity contribution in [1.82, 2.24) is 24.3 Å². The molecule has 1 aliphatic heterocycles. The van der Waals surface area contributed by atoms with E-state index in [1.807, 2.05) is 13.8 Å². The molecule has 5 fully saturated rings. The SMILES string of the molecule is CC(C)Oc1c(C(=O)NC2C3CC4CC(C3)CC2C4)cnn1CCN1CCC(N(CC(=O)O)S(C)(=O)=O)CC1. The van der Waals surface area contributed by atoms with E-state index in [4.69, 9.17) is 9.84 Å². The maximum absolute atomic E-state index is 13.5. The molecule has 0 unspecified atom stereocenters. The molecule has 1 aromatic heterocycles. The molecule has 1 amide bonds. The van der Waals surface area contributed by atoms with Gasteiger partial charge in [-0.15, -0.1) is 0 Å². The Labute approximate surface area is 231 Å². The highest BCUT2D eigenvalue weighted by atomic mass is 32.2. The molecule has 1 saturated heterocycles. The lowest BCUT2D eigenvalue weighted by Crippen LogP contribution is -2.55. The average molecular weight is 566 g/mol. The number of ether oxygens (including phenoxy) is 1. The number of carbonyl (C=O) groups is 2. The minimum absolute atomic E-state index is 0.102. The predicted octanol–water partition coefficient (Wildman–Crippen LogP) is 2.04. The molecule has 218 valence electrons. The van der Waals surface area contributed by atoms with Crippen molar-refractivity contribution in [2.75, 3.05) is 32.4 Å². The Bertz CT molecular complexity index is 1130. The van der Waals surface area contributed by atoms with Crippen LogP contribution in [0.5, 0.6) is 5.88 Å². The van der Waals surface area contributed by atoms with Gasteiger partial charge in [0.2, 0.25) is 15.9 Å². The molecule has 4 aliphatic carbocycles. The lowest BCUT2D eigenvalue weighted by Gasteiger charge is -2.54. The first-order chi connectivity index (χ1) is 18.5. The number of carbonyl (C=O) groups excluding carboxylic acids is 1.